The lowest BCUT2D eigenvalue weighted by molar-refractivity contribution is 0.101. The van der Waals surface area contributed by atoms with Crippen molar-refractivity contribution in [3.05, 3.63) is 53.3 Å². The average molecular weight is 351 g/mol. The topological polar surface area (TPSA) is 63.2 Å². The maximum atomic E-state index is 13.7. The first-order valence-electron chi connectivity index (χ1n) is 7.83. The van der Waals surface area contributed by atoms with Crippen LogP contribution in [0.4, 0.5) is 19.0 Å². The Morgan fingerprint density at radius 1 is 1.16 bits per heavy atom. The highest BCUT2D eigenvalue weighted by Crippen LogP contribution is 2.19. The van der Waals surface area contributed by atoms with Gasteiger partial charge in [-0.2, -0.15) is 4.98 Å². The molecule has 0 aliphatic carbocycles. The summed E-state index contributed by atoms with van der Waals surface area (Å²) in [7, 11) is 0. The zero-order valence-corrected chi connectivity index (χ0v) is 13.2. The van der Waals surface area contributed by atoms with Gasteiger partial charge in [-0.25, -0.2) is 13.2 Å². The van der Waals surface area contributed by atoms with E-state index in [2.05, 4.69) is 15.6 Å². The number of anilines is 1. The zero-order chi connectivity index (χ0) is 17.8. The van der Waals surface area contributed by atoms with E-state index in [1.807, 2.05) is 0 Å². The minimum absolute atomic E-state index is 0.0201. The number of nitrogens with zero attached hydrogens (tertiary/aromatic N) is 1. The molecule has 2 N–H and O–H groups in total. The van der Waals surface area contributed by atoms with Crippen molar-refractivity contribution < 1.29 is 22.7 Å². The molecule has 1 aromatic heterocycles. The Kier molecular flexibility index (Phi) is 5.18. The van der Waals surface area contributed by atoms with Gasteiger partial charge in [0.2, 0.25) is 5.88 Å². The first-order valence-corrected chi connectivity index (χ1v) is 7.83. The lowest BCUT2D eigenvalue weighted by atomic mass is 10.1. The number of rotatable bonds is 4. The molecule has 8 heteroatoms. The van der Waals surface area contributed by atoms with Crippen molar-refractivity contribution >= 4 is 11.7 Å². The summed E-state index contributed by atoms with van der Waals surface area (Å²) in [6, 6.07) is 5.60. The predicted molar refractivity (Wildman–Crippen MR) is 85.0 cm³/mol. The third-order valence-corrected chi connectivity index (χ3v) is 3.77. The van der Waals surface area contributed by atoms with Crippen molar-refractivity contribution in [1.82, 2.24) is 10.3 Å². The van der Waals surface area contributed by atoms with Crippen LogP contribution in [0.2, 0.25) is 0 Å². The van der Waals surface area contributed by atoms with Gasteiger partial charge >= 0.3 is 0 Å². The fourth-order valence-electron chi connectivity index (χ4n) is 2.57. The van der Waals surface area contributed by atoms with E-state index < -0.39 is 28.9 Å². The molecule has 3 rings (SSSR count). The third-order valence-electron chi connectivity index (χ3n) is 3.77. The van der Waals surface area contributed by atoms with Crippen molar-refractivity contribution in [3.8, 4) is 5.88 Å². The summed E-state index contributed by atoms with van der Waals surface area (Å²) in [4.78, 5) is 16.2. The van der Waals surface area contributed by atoms with Crippen molar-refractivity contribution in [3.63, 3.8) is 0 Å². The number of hydrogen-bond donors (Lipinski definition) is 2. The first kappa shape index (κ1) is 17.2. The number of ether oxygens (including phenoxy) is 1. The summed E-state index contributed by atoms with van der Waals surface area (Å²) in [5.41, 5.74) is -0.868. The van der Waals surface area contributed by atoms with Crippen LogP contribution >= 0.6 is 0 Å². The van der Waals surface area contributed by atoms with Gasteiger partial charge in [-0.1, -0.05) is 6.07 Å². The van der Waals surface area contributed by atoms with Gasteiger partial charge in [0.05, 0.1) is 0 Å². The maximum Gasteiger partial charge on any atom is 0.262 e. The van der Waals surface area contributed by atoms with E-state index in [9.17, 15) is 18.0 Å². The molecule has 0 unspecified atom stereocenters. The van der Waals surface area contributed by atoms with Gasteiger partial charge in [-0.3, -0.25) is 4.79 Å². The predicted octanol–water partition coefficient (Wildman–Crippen LogP) is 2.88. The number of aromatic nitrogens is 1. The van der Waals surface area contributed by atoms with Crippen LogP contribution in [-0.4, -0.2) is 30.1 Å². The van der Waals surface area contributed by atoms with Crippen molar-refractivity contribution in [2.45, 2.75) is 18.9 Å². The van der Waals surface area contributed by atoms with Crippen LogP contribution < -0.4 is 15.4 Å². The molecule has 132 valence electrons. The summed E-state index contributed by atoms with van der Waals surface area (Å²) in [5.74, 6) is -4.32. The molecule has 0 spiro atoms. The molecule has 2 aromatic rings. The van der Waals surface area contributed by atoms with Crippen LogP contribution in [-0.2, 0) is 0 Å². The maximum absolute atomic E-state index is 13.7. The number of nitrogens with one attached hydrogen (secondary N) is 2. The molecule has 1 aliphatic rings. The summed E-state index contributed by atoms with van der Waals surface area (Å²) in [6.45, 7) is 1.70. The molecule has 0 radical (unpaired) electrons. The number of pyridine rings is 1. The number of piperidine rings is 1. The summed E-state index contributed by atoms with van der Waals surface area (Å²) in [5, 5.41) is 5.51. The Balaban J connectivity index is 1.72. The largest absolute Gasteiger partial charge is 0.474 e. The van der Waals surface area contributed by atoms with E-state index in [0.29, 0.717) is 18.0 Å². The van der Waals surface area contributed by atoms with Crippen molar-refractivity contribution in [2.24, 2.45) is 0 Å². The van der Waals surface area contributed by atoms with Gasteiger partial charge in [0.15, 0.2) is 0 Å². The second kappa shape index (κ2) is 7.52. The molecule has 0 atom stereocenters. The van der Waals surface area contributed by atoms with Gasteiger partial charge in [0.25, 0.3) is 5.91 Å². The van der Waals surface area contributed by atoms with Crippen LogP contribution in [0.15, 0.2) is 30.3 Å². The van der Waals surface area contributed by atoms with Gasteiger partial charge in [-0.15, -0.1) is 0 Å². The molecular formula is C17H16F3N3O2. The molecule has 1 amide bonds. The molecule has 2 heterocycles. The van der Waals surface area contributed by atoms with E-state index in [1.54, 1.807) is 12.1 Å². The van der Waals surface area contributed by atoms with Gasteiger partial charge in [0.1, 0.15) is 34.9 Å². The zero-order valence-electron chi connectivity index (χ0n) is 13.2. The van der Waals surface area contributed by atoms with E-state index in [4.69, 9.17) is 4.74 Å². The van der Waals surface area contributed by atoms with Gasteiger partial charge in [-0.05, 0) is 32.0 Å². The number of carbonyl (C=O) groups excluding carboxylic acids is 1. The lowest BCUT2D eigenvalue weighted by Gasteiger charge is -2.23. The second-order valence-electron chi connectivity index (χ2n) is 5.63. The Bertz CT molecular complexity index is 756. The first-order chi connectivity index (χ1) is 12.0. The molecule has 1 aliphatic heterocycles. The summed E-state index contributed by atoms with van der Waals surface area (Å²) < 4.78 is 46.0. The Hall–Kier alpha value is -2.61. The third kappa shape index (κ3) is 4.27. The van der Waals surface area contributed by atoms with Gasteiger partial charge < -0.3 is 15.4 Å². The lowest BCUT2D eigenvalue weighted by Crippen LogP contribution is -2.34. The highest BCUT2D eigenvalue weighted by molar-refractivity contribution is 6.04. The van der Waals surface area contributed by atoms with E-state index in [-0.39, 0.29) is 11.9 Å². The Labute approximate surface area is 142 Å². The van der Waals surface area contributed by atoms with Crippen molar-refractivity contribution in [2.75, 3.05) is 18.4 Å². The fraction of sp³-hybridized carbons (Fsp3) is 0.294. The molecule has 1 aromatic carbocycles. The average Bonchev–Trinajstić information content (AvgIpc) is 2.55. The fourth-order valence-corrected chi connectivity index (χ4v) is 2.57. The molecule has 1 fully saturated rings. The number of carbonyl (C=O) groups is 1. The number of hydrogen-bond acceptors (Lipinski definition) is 4. The van der Waals surface area contributed by atoms with Crippen LogP contribution in [0.5, 0.6) is 5.88 Å². The highest BCUT2D eigenvalue weighted by atomic mass is 19.1. The smallest absolute Gasteiger partial charge is 0.262 e. The molecule has 25 heavy (non-hydrogen) atoms. The summed E-state index contributed by atoms with van der Waals surface area (Å²) in [6.07, 6.45) is 1.70. The van der Waals surface area contributed by atoms with Crippen LogP contribution in [0, 0.1) is 17.5 Å². The molecule has 5 nitrogen and oxygen atoms in total. The molecule has 0 bridgehead atoms. The van der Waals surface area contributed by atoms with Gasteiger partial charge in [0, 0.05) is 18.2 Å². The Morgan fingerprint density at radius 3 is 2.52 bits per heavy atom. The molecule has 1 saturated heterocycles. The quantitative estimate of drug-likeness (QED) is 0.889. The van der Waals surface area contributed by atoms with E-state index >= 15 is 0 Å². The molecule has 0 saturated carbocycles. The van der Waals surface area contributed by atoms with Crippen LogP contribution in [0.1, 0.15) is 23.2 Å². The SMILES string of the molecule is O=C(Nc1cccc(OC2CCNCC2)n1)c1c(F)cc(F)cc1F. The Morgan fingerprint density at radius 2 is 1.84 bits per heavy atom. The number of amides is 1. The van der Waals surface area contributed by atoms with E-state index in [0.717, 1.165) is 25.9 Å². The normalized spacial score (nSPS) is 15.0. The van der Waals surface area contributed by atoms with Crippen LogP contribution in [0.3, 0.4) is 0 Å². The second-order valence-corrected chi connectivity index (χ2v) is 5.63. The number of halogens is 3. The van der Waals surface area contributed by atoms with Crippen molar-refractivity contribution in [1.29, 1.82) is 0 Å². The standard InChI is InChI=1S/C17H16F3N3O2/c18-10-8-12(19)16(13(20)9-10)17(24)23-14-2-1-3-15(22-14)25-11-4-6-21-7-5-11/h1-3,8-9,11,21H,4-7H2,(H,22,23,24). The number of benzene rings is 1. The monoisotopic (exact) mass is 351 g/mol. The van der Waals surface area contributed by atoms with Crippen LogP contribution in [0.25, 0.3) is 0 Å². The minimum Gasteiger partial charge on any atom is -0.474 e. The minimum atomic E-state index is -1.28. The highest BCUT2D eigenvalue weighted by Gasteiger charge is 2.20. The molecular weight excluding hydrogens is 335 g/mol. The van der Waals surface area contributed by atoms with E-state index in [1.165, 1.54) is 6.07 Å². The summed E-state index contributed by atoms with van der Waals surface area (Å²) >= 11 is 0.